The summed E-state index contributed by atoms with van der Waals surface area (Å²) >= 11 is 3.18. The van der Waals surface area contributed by atoms with Gasteiger partial charge < -0.3 is 0 Å². The normalized spacial score (nSPS) is 10.3. The van der Waals surface area contributed by atoms with Crippen LogP contribution in [-0.2, 0) is 5.75 Å². The van der Waals surface area contributed by atoms with Crippen LogP contribution < -0.4 is 5.32 Å². The first-order valence-electron chi connectivity index (χ1n) is 5.50. The molecule has 1 aromatic heterocycles. The molecule has 0 atom stereocenters. The van der Waals surface area contributed by atoms with E-state index in [1.165, 1.54) is 11.3 Å². The lowest BCUT2D eigenvalue weighted by Gasteiger charge is -2.02. The molecule has 0 aliphatic carbocycles. The first-order valence-corrected chi connectivity index (χ1v) is 7.78. The largest absolute Gasteiger partial charge is 0.298 e. The molecule has 0 saturated carbocycles. The first kappa shape index (κ1) is 13.1. The van der Waals surface area contributed by atoms with Gasteiger partial charge in [-0.25, -0.2) is 4.98 Å². The van der Waals surface area contributed by atoms with E-state index in [1.807, 2.05) is 36.8 Å². The first-order chi connectivity index (χ1) is 8.69. The number of carbonyl (C=O) groups is 1. The second-order valence-corrected chi connectivity index (χ2v) is 5.62. The average molecular weight is 278 g/mol. The number of aromatic nitrogens is 1. The fourth-order valence-electron chi connectivity index (χ4n) is 1.53. The van der Waals surface area contributed by atoms with Gasteiger partial charge in [-0.3, -0.25) is 10.1 Å². The summed E-state index contributed by atoms with van der Waals surface area (Å²) in [6.07, 6.45) is 2.03. The zero-order chi connectivity index (χ0) is 13.0. The molecule has 0 aliphatic heterocycles. The molecule has 1 heterocycles. The van der Waals surface area contributed by atoms with Gasteiger partial charge in [-0.2, -0.15) is 11.8 Å². The Morgan fingerprint density at radius 3 is 3.06 bits per heavy atom. The lowest BCUT2D eigenvalue weighted by atomic mass is 10.1. The number of benzene rings is 1. The molecule has 18 heavy (non-hydrogen) atoms. The van der Waals surface area contributed by atoms with Crippen molar-refractivity contribution in [2.45, 2.75) is 12.7 Å². The average Bonchev–Trinajstić information content (AvgIpc) is 2.77. The smallest absolute Gasteiger partial charge is 0.257 e. The summed E-state index contributed by atoms with van der Waals surface area (Å²) in [5.74, 6) is 0.764. The summed E-state index contributed by atoms with van der Waals surface area (Å²) in [5, 5.41) is 5.46. The minimum absolute atomic E-state index is 0.108. The van der Waals surface area contributed by atoms with Gasteiger partial charge >= 0.3 is 0 Å². The SMILES string of the molecule is CSCc1csc(NC(=O)c2cccc(C)c2)n1. The number of nitrogens with one attached hydrogen (secondary N) is 1. The number of aryl methyl sites for hydroxylation is 1. The highest BCUT2D eigenvalue weighted by Gasteiger charge is 2.08. The van der Waals surface area contributed by atoms with Gasteiger partial charge in [-0.05, 0) is 25.3 Å². The fourth-order valence-corrected chi connectivity index (χ4v) is 2.79. The van der Waals surface area contributed by atoms with Crippen LogP contribution in [0.1, 0.15) is 21.6 Å². The van der Waals surface area contributed by atoms with Gasteiger partial charge in [0.25, 0.3) is 5.91 Å². The number of hydrogen-bond donors (Lipinski definition) is 1. The van der Waals surface area contributed by atoms with Crippen molar-refractivity contribution in [2.24, 2.45) is 0 Å². The molecular formula is C13H14N2OS2. The van der Waals surface area contributed by atoms with Crippen molar-refractivity contribution < 1.29 is 4.79 Å². The number of thiazole rings is 1. The van der Waals surface area contributed by atoms with E-state index in [0.29, 0.717) is 10.7 Å². The van der Waals surface area contributed by atoms with E-state index in [9.17, 15) is 4.79 Å². The van der Waals surface area contributed by atoms with Crippen molar-refractivity contribution in [1.82, 2.24) is 4.98 Å². The number of carbonyl (C=O) groups excluding carboxylic acids is 1. The number of rotatable bonds is 4. The zero-order valence-electron chi connectivity index (χ0n) is 10.3. The number of anilines is 1. The molecule has 0 spiro atoms. The third-order valence-corrected chi connectivity index (χ3v) is 3.74. The molecule has 1 N–H and O–H groups in total. The van der Waals surface area contributed by atoms with E-state index >= 15 is 0 Å². The van der Waals surface area contributed by atoms with Gasteiger partial charge in [0.15, 0.2) is 5.13 Å². The second kappa shape index (κ2) is 6.02. The summed E-state index contributed by atoms with van der Waals surface area (Å²) in [6, 6.07) is 7.52. The van der Waals surface area contributed by atoms with Gasteiger partial charge in [0, 0.05) is 16.7 Å². The molecule has 0 radical (unpaired) electrons. The van der Waals surface area contributed by atoms with Crippen molar-refractivity contribution in [3.8, 4) is 0 Å². The van der Waals surface area contributed by atoms with E-state index in [1.54, 1.807) is 17.8 Å². The third-order valence-electron chi connectivity index (χ3n) is 2.34. The highest BCUT2D eigenvalue weighted by atomic mass is 32.2. The van der Waals surface area contributed by atoms with Crippen LogP contribution in [0.3, 0.4) is 0 Å². The molecule has 0 unspecified atom stereocenters. The molecule has 1 aromatic carbocycles. The highest BCUT2D eigenvalue weighted by molar-refractivity contribution is 7.97. The Kier molecular flexibility index (Phi) is 4.38. The lowest BCUT2D eigenvalue weighted by molar-refractivity contribution is 0.102. The highest BCUT2D eigenvalue weighted by Crippen LogP contribution is 2.19. The minimum atomic E-state index is -0.108. The van der Waals surface area contributed by atoms with Crippen molar-refractivity contribution in [3.05, 3.63) is 46.5 Å². The molecule has 0 saturated heterocycles. The Hall–Kier alpha value is -1.33. The van der Waals surface area contributed by atoms with Crippen LogP contribution in [0.5, 0.6) is 0 Å². The summed E-state index contributed by atoms with van der Waals surface area (Å²) in [7, 11) is 0. The summed E-state index contributed by atoms with van der Waals surface area (Å²) in [5.41, 5.74) is 2.74. The Morgan fingerprint density at radius 2 is 2.33 bits per heavy atom. The van der Waals surface area contributed by atoms with Crippen molar-refractivity contribution >= 4 is 34.1 Å². The van der Waals surface area contributed by atoms with Crippen LogP contribution in [0.2, 0.25) is 0 Å². The third kappa shape index (κ3) is 3.34. The van der Waals surface area contributed by atoms with Crippen molar-refractivity contribution in [3.63, 3.8) is 0 Å². The minimum Gasteiger partial charge on any atom is -0.298 e. The molecule has 0 fully saturated rings. The van der Waals surface area contributed by atoms with Gasteiger partial charge in [0.2, 0.25) is 0 Å². The van der Waals surface area contributed by atoms with E-state index in [4.69, 9.17) is 0 Å². The molecule has 0 aliphatic rings. The number of amides is 1. The van der Waals surface area contributed by atoms with Crippen LogP contribution in [0.15, 0.2) is 29.6 Å². The van der Waals surface area contributed by atoms with Crippen LogP contribution in [-0.4, -0.2) is 17.1 Å². The second-order valence-electron chi connectivity index (χ2n) is 3.90. The van der Waals surface area contributed by atoms with E-state index in [2.05, 4.69) is 10.3 Å². The van der Waals surface area contributed by atoms with E-state index < -0.39 is 0 Å². The maximum Gasteiger partial charge on any atom is 0.257 e. The standard InChI is InChI=1S/C13H14N2OS2/c1-9-4-3-5-10(6-9)12(16)15-13-14-11(7-17-2)8-18-13/h3-6,8H,7H2,1-2H3,(H,14,15,16). The quantitative estimate of drug-likeness (QED) is 0.929. The van der Waals surface area contributed by atoms with Crippen molar-refractivity contribution in [1.29, 1.82) is 0 Å². The number of hydrogen-bond acceptors (Lipinski definition) is 4. The maximum absolute atomic E-state index is 12.0. The van der Waals surface area contributed by atoms with Gasteiger partial charge in [0.05, 0.1) is 5.69 Å². The van der Waals surface area contributed by atoms with Crippen LogP contribution in [0.4, 0.5) is 5.13 Å². The maximum atomic E-state index is 12.0. The molecule has 94 valence electrons. The molecule has 1 amide bonds. The van der Waals surface area contributed by atoms with Gasteiger partial charge in [0.1, 0.15) is 0 Å². The predicted octanol–water partition coefficient (Wildman–Crippen LogP) is 3.57. The van der Waals surface area contributed by atoms with Gasteiger partial charge in [-0.1, -0.05) is 17.7 Å². The van der Waals surface area contributed by atoms with E-state index in [-0.39, 0.29) is 5.91 Å². The summed E-state index contributed by atoms with van der Waals surface area (Å²) in [6.45, 7) is 1.97. The molecule has 3 nitrogen and oxygen atoms in total. The van der Waals surface area contributed by atoms with Crippen LogP contribution >= 0.6 is 23.1 Å². The summed E-state index contributed by atoms with van der Waals surface area (Å²) in [4.78, 5) is 16.3. The van der Waals surface area contributed by atoms with Crippen molar-refractivity contribution in [2.75, 3.05) is 11.6 Å². The number of thioether (sulfide) groups is 1. The van der Waals surface area contributed by atoms with E-state index in [0.717, 1.165) is 17.0 Å². The molecule has 2 aromatic rings. The zero-order valence-corrected chi connectivity index (χ0v) is 11.9. The topological polar surface area (TPSA) is 42.0 Å². The van der Waals surface area contributed by atoms with Crippen LogP contribution in [0.25, 0.3) is 0 Å². The molecule has 0 bridgehead atoms. The number of nitrogens with zero attached hydrogens (tertiary/aromatic N) is 1. The molecule has 5 heteroatoms. The Bertz CT molecular complexity index is 551. The molecular weight excluding hydrogens is 264 g/mol. The lowest BCUT2D eigenvalue weighted by Crippen LogP contribution is -2.11. The molecule has 2 rings (SSSR count). The Morgan fingerprint density at radius 1 is 1.50 bits per heavy atom. The Labute approximate surface area is 115 Å². The monoisotopic (exact) mass is 278 g/mol. The predicted molar refractivity (Wildman–Crippen MR) is 78.5 cm³/mol. The van der Waals surface area contributed by atoms with Crippen LogP contribution in [0, 0.1) is 6.92 Å². The van der Waals surface area contributed by atoms with Gasteiger partial charge in [-0.15, -0.1) is 11.3 Å². The Balaban J connectivity index is 2.06. The summed E-state index contributed by atoms with van der Waals surface area (Å²) < 4.78 is 0. The fraction of sp³-hybridized carbons (Fsp3) is 0.231.